The molecule has 0 atom stereocenters. The Kier molecular flexibility index (Phi) is 10.4. The molecule has 0 spiro atoms. The van der Waals surface area contributed by atoms with E-state index in [0.29, 0.717) is 0 Å². The molecule has 70 heavy (non-hydrogen) atoms. The quantitative estimate of drug-likeness (QED) is 0.166. The van der Waals surface area contributed by atoms with E-state index in [1.54, 1.807) is 0 Å². The summed E-state index contributed by atoms with van der Waals surface area (Å²) in [7, 11) is 0. The zero-order chi connectivity index (χ0) is 49.1. The standard InChI is InChI=1S/C66H64N2O2/c1-63(2,3)45-15-25-49(26-16-45)67(50-27-17-46(18-28-50)64(4,5)6)53-23-13-41-37-56-55-33-34-58-61(62(55)70-59(56)39-43(41)35-53)57-38-42-14-24-54(36-44(42)40-60(57)69-58)68(51-29-19-47(20-30-51)65(7,8)9)52-31-21-48(22-32-52)66(10,11)12/h13-40H,1-12H3. The van der Waals surface area contributed by atoms with Crippen molar-refractivity contribution in [2.45, 2.75) is 105 Å². The second-order valence-electron chi connectivity index (χ2n) is 23.6. The van der Waals surface area contributed by atoms with Gasteiger partial charge in [-0.2, -0.15) is 0 Å². The van der Waals surface area contributed by atoms with Crippen LogP contribution in [0.5, 0.6) is 0 Å². The lowest BCUT2D eigenvalue weighted by molar-refractivity contribution is 0.590. The van der Waals surface area contributed by atoms with Gasteiger partial charge in [0.1, 0.15) is 22.3 Å². The van der Waals surface area contributed by atoms with Crippen molar-refractivity contribution in [1.29, 1.82) is 0 Å². The third-order valence-corrected chi connectivity index (χ3v) is 14.4. The van der Waals surface area contributed by atoms with Crippen molar-refractivity contribution < 1.29 is 8.83 Å². The van der Waals surface area contributed by atoms with Crippen LogP contribution in [0.25, 0.3) is 65.4 Å². The van der Waals surface area contributed by atoms with Crippen LogP contribution in [0.3, 0.4) is 0 Å². The summed E-state index contributed by atoms with van der Waals surface area (Å²) >= 11 is 0. The van der Waals surface area contributed by atoms with Crippen LogP contribution in [-0.4, -0.2) is 0 Å². The molecule has 0 saturated heterocycles. The van der Waals surface area contributed by atoms with E-state index in [-0.39, 0.29) is 21.7 Å². The van der Waals surface area contributed by atoms with Gasteiger partial charge in [-0.25, -0.2) is 0 Å². The first kappa shape index (κ1) is 45.2. The number of fused-ring (bicyclic) bond motifs is 9. The zero-order valence-electron chi connectivity index (χ0n) is 42.9. The van der Waals surface area contributed by atoms with Gasteiger partial charge in [0.05, 0.1) is 5.39 Å². The Morgan fingerprint density at radius 1 is 0.271 bits per heavy atom. The van der Waals surface area contributed by atoms with Gasteiger partial charge in [0, 0.05) is 50.3 Å². The fourth-order valence-corrected chi connectivity index (χ4v) is 10.2. The summed E-state index contributed by atoms with van der Waals surface area (Å²) in [4.78, 5) is 4.72. The fourth-order valence-electron chi connectivity index (χ4n) is 10.2. The van der Waals surface area contributed by atoms with E-state index in [0.717, 1.165) is 99.5 Å². The molecule has 0 saturated carbocycles. The number of nitrogens with zero attached hydrogens (tertiary/aromatic N) is 2. The van der Waals surface area contributed by atoms with Crippen LogP contribution < -0.4 is 9.80 Å². The van der Waals surface area contributed by atoms with Gasteiger partial charge in [-0.3, -0.25) is 0 Å². The number of furan rings is 2. The highest BCUT2D eigenvalue weighted by Gasteiger charge is 2.23. The van der Waals surface area contributed by atoms with E-state index in [1.165, 1.54) is 22.3 Å². The first-order chi connectivity index (χ1) is 33.2. The van der Waals surface area contributed by atoms with Gasteiger partial charge in [-0.15, -0.1) is 0 Å². The van der Waals surface area contributed by atoms with E-state index >= 15 is 0 Å². The van der Waals surface area contributed by atoms with Gasteiger partial charge >= 0.3 is 0 Å². The van der Waals surface area contributed by atoms with E-state index in [4.69, 9.17) is 8.83 Å². The molecule has 2 heterocycles. The molecule has 4 heteroatoms. The lowest BCUT2D eigenvalue weighted by Crippen LogP contribution is -2.14. The number of hydrogen-bond donors (Lipinski definition) is 0. The van der Waals surface area contributed by atoms with Crippen LogP contribution in [0.15, 0.2) is 179 Å². The van der Waals surface area contributed by atoms with Crippen molar-refractivity contribution in [2.24, 2.45) is 0 Å². The zero-order valence-corrected chi connectivity index (χ0v) is 42.9. The summed E-state index contributed by atoms with van der Waals surface area (Å²) in [6.45, 7) is 27.2. The number of anilines is 6. The van der Waals surface area contributed by atoms with Crippen molar-refractivity contribution in [3.05, 3.63) is 192 Å². The van der Waals surface area contributed by atoms with Crippen molar-refractivity contribution in [3.8, 4) is 0 Å². The Bertz CT molecular complexity index is 3650. The Morgan fingerprint density at radius 2 is 0.614 bits per heavy atom. The molecule has 0 aliphatic rings. The molecular formula is C66H64N2O2. The van der Waals surface area contributed by atoms with Crippen LogP contribution in [0.2, 0.25) is 0 Å². The lowest BCUT2D eigenvalue weighted by atomic mass is 9.86. The molecule has 0 radical (unpaired) electrons. The van der Waals surface area contributed by atoms with Crippen LogP contribution in [0.4, 0.5) is 34.1 Å². The molecule has 11 aromatic rings. The van der Waals surface area contributed by atoms with Gasteiger partial charge in [0.15, 0.2) is 0 Å². The Hall–Kier alpha value is -7.30. The molecule has 0 fully saturated rings. The lowest BCUT2D eigenvalue weighted by Gasteiger charge is -2.28. The van der Waals surface area contributed by atoms with Gasteiger partial charge in [0.2, 0.25) is 0 Å². The summed E-state index contributed by atoms with van der Waals surface area (Å²) < 4.78 is 13.6. The number of benzene rings is 9. The second kappa shape index (κ2) is 16.1. The minimum atomic E-state index is 0.0630. The molecule has 0 aliphatic carbocycles. The Morgan fingerprint density at radius 3 is 0.986 bits per heavy atom. The van der Waals surface area contributed by atoms with Crippen molar-refractivity contribution in [1.82, 2.24) is 0 Å². The van der Waals surface area contributed by atoms with Crippen LogP contribution >= 0.6 is 0 Å². The number of rotatable bonds is 6. The molecule has 350 valence electrons. The van der Waals surface area contributed by atoms with Crippen LogP contribution in [0, 0.1) is 0 Å². The van der Waals surface area contributed by atoms with Crippen molar-refractivity contribution >= 4 is 99.5 Å². The van der Waals surface area contributed by atoms with Crippen molar-refractivity contribution in [2.75, 3.05) is 9.80 Å². The van der Waals surface area contributed by atoms with E-state index in [9.17, 15) is 0 Å². The first-order valence-electron chi connectivity index (χ1n) is 24.9. The normalized spacial score (nSPS) is 12.9. The highest BCUT2D eigenvalue weighted by molar-refractivity contribution is 6.24. The highest BCUT2D eigenvalue weighted by Crippen LogP contribution is 2.45. The third-order valence-electron chi connectivity index (χ3n) is 14.4. The third kappa shape index (κ3) is 8.07. The van der Waals surface area contributed by atoms with E-state index in [1.807, 2.05) is 0 Å². The largest absolute Gasteiger partial charge is 0.456 e. The van der Waals surface area contributed by atoms with E-state index in [2.05, 4.69) is 263 Å². The molecule has 0 unspecified atom stereocenters. The molecular weight excluding hydrogens is 853 g/mol. The van der Waals surface area contributed by atoms with E-state index < -0.39 is 0 Å². The molecule has 0 N–H and O–H groups in total. The molecule has 2 aromatic heterocycles. The molecule has 0 bridgehead atoms. The highest BCUT2D eigenvalue weighted by atomic mass is 16.3. The average Bonchev–Trinajstić information content (AvgIpc) is 3.86. The maximum Gasteiger partial charge on any atom is 0.147 e. The molecule has 4 nitrogen and oxygen atoms in total. The SMILES string of the molecule is CC(C)(C)c1ccc(N(c2ccc(C(C)(C)C)cc2)c2ccc3cc4c(cc3c2)oc2c4ccc3oc4cc5cc(N(c6ccc(C(C)(C)C)cc6)c6ccc(C(C)(C)C)cc6)ccc5cc4c32)cc1. The predicted molar refractivity (Wildman–Crippen MR) is 300 cm³/mol. The molecule has 0 aliphatic heterocycles. The van der Waals surface area contributed by atoms with Gasteiger partial charge < -0.3 is 18.6 Å². The average molecular weight is 917 g/mol. The smallest absolute Gasteiger partial charge is 0.147 e. The van der Waals surface area contributed by atoms with Gasteiger partial charge in [-0.05, 0) is 175 Å². The fraction of sp³-hybridized carbons (Fsp3) is 0.242. The summed E-state index contributed by atoms with van der Waals surface area (Å²) in [6, 6.07) is 62.9. The molecule has 11 rings (SSSR count). The van der Waals surface area contributed by atoms with Gasteiger partial charge in [0.25, 0.3) is 0 Å². The summed E-state index contributed by atoms with van der Waals surface area (Å²) in [5.74, 6) is 0. The van der Waals surface area contributed by atoms with Crippen LogP contribution in [-0.2, 0) is 21.7 Å². The topological polar surface area (TPSA) is 32.8 Å². The Balaban J connectivity index is 1.000. The Labute approximate surface area is 413 Å². The minimum Gasteiger partial charge on any atom is -0.456 e. The second-order valence-corrected chi connectivity index (χ2v) is 23.6. The van der Waals surface area contributed by atoms with Gasteiger partial charge in [-0.1, -0.05) is 144 Å². The summed E-state index contributed by atoms with van der Waals surface area (Å²) in [6.07, 6.45) is 0. The molecule has 0 amide bonds. The first-order valence-corrected chi connectivity index (χ1v) is 24.9. The predicted octanol–water partition coefficient (Wildman–Crippen LogP) is 19.9. The minimum absolute atomic E-state index is 0.0630. The number of hydrogen-bond acceptors (Lipinski definition) is 4. The monoisotopic (exact) mass is 916 g/mol. The molecule has 9 aromatic carbocycles. The summed E-state index contributed by atoms with van der Waals surface area (Å²) in [5, 5.41) is 8.75. The summed E-state index contributed by atoms with van der Waals surface area (Å²) in [5.41, 5.74) is 15.5. The van der Waals surface area contributed by atoms with Crippen LogP contribution in [0.1, 0.15) is 105 Å². The van der Waals surface area contributed by atoms with Crippen molar-refractivity contribution in [3.63, 3.8) is 0 Å². The maximum absolute atomic E-state index is 6.94. The maximum atomic E-state index is 6.94.